The lowest BCUT2D eigenvalue weighted by Crippen LogP contribution is -2.14. The first-order valence-electron chi connectivity index (χ1n) is 8.94. The summed E-state index contributed by atoms with van der Waals surface area (Å²) in [5, 5.41) is 5.12. The van der Waals surface area contributed by atoms with Crippen molar-refractivity contribution >= 4 is 21.2 Å². The van der Waals surface area contributed by atoms with E-state index in [4.69, 9.17) is 9.88 Å². The molecule has 0 atom stereocenters. The van der Waals surface area contributed by atoms with Gasteiger partial charge in [-0.2, -0.15) is 0 Å². The molecule has 0 aromatic heterocycles. The number of ether oxygens (including phenoxy) is 1. The molecule has 0 heterocycles. The number of nitrogens with two attached hydrogens (primary N) is 1. The van der Waals surface area contributed by atoms with Crippen molar-refractivity contribution in [3.05, 3.63) is 65.0 Å². The summed E-state index contributed by atoms with van der Waals surface area (Å²) in [6.07, 6.45) is 4.32. The summed E-state index contributed by atoms with van der Waals surface area (Å²) < 4.78 is 41.8. The predicted octanol–water partition coefficient (Wildman–Crippen LogP) is 4.11. The maximum atomic E-state index is 14.2. The van der Waals surface area contributed by atoms with Gasteiger partial charge < -0.3 is 4.74 Å². The summed E-state index contributed by atoms with van der Waals surface area (Å²) in [7, 11) is -2.09. The molecule has 1 saturated carbocycles. The Bertz CT molecular complexity index is 1020. The molecule has 4 rings (SSSR count). The second kappa shape index (κ2) is 6.46. The molecule has 1 spiro atoms. The third-order valence-electron chi connectivity index (χ3n) is 5.60. The van der Waals surface area contributed by atoms with Crippen molar-refractivity contribution in [1.82, 2.24) is 0 Å². The molecule has 27 heavy (non-hydrogen) atoms. The number of hydrogen-bond donors (Lipinski definition) is 1. The molecule has 0 amide bonds. The van der Waals surface area contributed by atoms with Crippen LogP contribution in [-0.2, 0) is 15.8 Å². The Morgan fingerprint density at radius 1 is 1.04 bits per heavy atom. The minimum Gasteiger partial charge on any atom is -0.494 e. The zero-order valence-corrected chi connectivity index (χ0v) is 16.0. The fraction of sp³-hybridized carbons (Fsp3) is 0.333. The molecule has 0 radical (unpaired) electrons. The molecule has 0 saturated heterocycles. The van der Waals surface area contributed by atoms with Gasteiger partial charge in [-0.15, -0.1) is 0 Å². The van der Waals surface area contributed by atoms with E-state index in [2.05, 4.69) is 0 Å². The highest BCUT2D eigenvalue weighted by Gasteiger charge is 2.48. The molecule has 2 aromatic rings. The van der Waals surface area contributed by atoms with Crippen molar-refractivity contribution in [2.75, 3.05) is 7.11 Å². The van der Waals surface area contributed by atoms with Crippen LogP contribution in [0.15, 0.2) is 42.5 Å². The second-order valence-electron chi connectivity index (χ2n) is 7.66. The van der Waals surface area contributed by atoms with Gasteiger partial charge in [0, 0.05) is 0 Å². The summed E-state index contributed by atoms with van der Waals surface area (Å²) in [6, 6.07) is 12.6. The van der Waals surface area contributed by atoms with E-state index in [-0.39, 0.29) is 17.3 Å². The van der Waals surface area contributed by atoms with Gasteiger partial charge in [-0.05, 0) is 71.1 Å². The lowest BCUT2D eigenvalue weighted by molar-refractivity contribution is 0.386. The number of rotatable bonds is 5. The summed E-state index contributed by atoms with van der Waals surface area (Å²) in [4.78, 5) is 0. The minimum atomic E-state index is -3.55. The Morgan fingerprint density at radius 2 is 1.63 bits per heavy atom. The summed E-state index contributed by atoms with van der Waals surface area (Å²) in [5.74, 6) is -0.290. The van der Waals surface area contributed by atoms with Crippen LogP contribution in [0.2, 0.25) is 0 Å². The quantitative estimate of drug-likeness (QED) is 0.839. The third-order valence-corrected chi connectivity index (χ3v) is 6.33. The van der Waals surface area contributed by atoms with Gasteiger partial charge in [0.15, 0.2) is 11.6 Å². The van der Waals surface area contributed by atoms with E-state index >= 15 is 0 Å². The molecule has 2 aliphatic rings. The largest absolute Gasteiger partial charge is 0.494 e. The van der Waals surface area contributed by atoms with Crippen LogP contribution in [-0.4, -0.2) is 15.5 Å². The average Bonchev–Trinajstić information content (AvgIpc) is 3.25. The maximum Gasteiger partial charge on any atom is 0.213 e. The van der Waals surface area contributed by atoms with Crippen LogP contribution in [0.5, 0.6) is 5.75 Å². The van der Waals surface area contributed by atoms with Crippen LogP contribution in [0.4, 0.5) is 4.39 Å². The van der Waals surface area contributed by atoms with Gasteiger partial charge in [0.1, 0.15) is 0 Å². The number of sulfonamides is 1. The highest BCUT2D eigenvalue weighted by Crippen LogP contribution is 2.63. The molecule has 1 fully saturated rings. The van der Waals surface area contributed by atoms with Gasteiger partial charge in [0.05, 0.1) is 12.9 Å². The fourth-order valence-electron chi connectivity index (χ4n) is 4.00. The third kappa shape index (κ3) is 3.77. The molecule has 2 N–H and O–H groups in total. The molecule has 0 aliphatic heterocycles. The number of allylic oxidation sites excluding steroid dienone is 2. The van der Waals surface area contributed by atoms with Crippen LogP contribution in [0.25, 0.3) is 11.1 Å². The van der Waals surface area contributed by atoms with E-state index in [1.54, 1.807) is 24.3 Å². The summed E-state index contributed by atoms with van der Waals surface area (Å²) in [6.45, 7) is 0. The first kappa shape index (κ1) is 18.2. The minimum absolute atomic E-state index is 0.174. The SMILES string of the molecule is COc1ccc(C2=C(c3ccc(CS(N)(=O)=O)cc3)CC3(CC3)C2)cc1F. The molecular weight excluding hydrogens is 365 g/mol. The number of benzene rings is 2. The van der Waals surface area contributed by atoms with Gasteiger partial charge >= 0.3 is 0 Å². The van der Waals surface area contributed by atoms with Gasteiger partial charge in [0.25, 0.3) is 0 Å². The Morgan fingerprint density at radius 3 is 2.15 bits per heavy atom. The molecular formula is C21H22FNO3S. The summed E-state index contributed by atoms with van der Waals surface area (Å²) >= 11 is 0. The van der Waals surface area contributed by atoms with Crippen molar-refractivity contribution in [2.24, 2.45) is 10.6 Å². The van der Waals surface area contributed by atoms with Crippen LogP contribution >= 0.6 is 0 Å². The van der Waals surface area contributed by atoms with E-state index in [9.17, 15) is 12.8 Å². The number of methoxy groups -OCH3 is 1. The number of primary sulfonamides is 1. The lowest BCUT2D eigenvalue weighted by atomic mass is 9.96. The Balaban J connectivity index is 1.71. The predicted molar refractivity (Wildman–Crippen MR) is 104 cm³/mol. The first-order valence-corrected chi connectivity index (χ1v) is 10.7. The standard InChI is InChI=1S/C21H22FNO3S/c1-26-20-7-6-16(10-19(20)22)18-12-21(8-9-21)11-17(18)15-4-2-14(3-5-15)13-27(23,24)25/h2-7,10H,8-9,11-13H2,1H3,(H2,23,24,25). The lowest BCUT2D eigenvalue weighted by Gasteiger charge is -2.11. The van der Waals surface area contributed by atoms with Gasteiger partial charge in [-0.1, -0.05) is 30.3 Å². The van der Waals surface area contributed by atoms with E-state index in [1.807, 2.05) is 18.2 Å². The molecule has 2 aliphatic carbocycles. The van der Waals surface area contributed by atoms with E-state index < -0.39 is 10.0 Å². The molecule has 4 nitrogen and oxygen atoms in total. The summed E-state index contributed by atoms with van der Waals surface area (Å²) in [5.41, 5.74) is 5.33. The molecule has 0 bridgehead atoms. The Kier molecular flexibility index (Phi) is 4.35. The molecule has 142 valence electrons. The normalized spacial score (nSPS) is 18.2. The van der Waals surface area contributed by atoms with E-state index in [0.717, 1.165) is 24.0 Å². The van der Waals surface area contributed by atoms with Crippen molar-refractivity contribution in [1.29, 1.82) is 0 Å². The molecule has 0 unspecified atom stereocenters. The monoisotopic (exact) mass is 387 g/mol. The number of hydrogen-bond acceptors (Lipinski definition) is 3. The Hall–Kier alpha value is -2.18. The van der Waals surface area contributed by atoms with Gasteiger partial charge in [-0.3, -0.25) is 0 Å². The van der Waals surface area contributed by atoms with Crippen LogP contribution in [0, 0.1) is 11.2 Å². The van der Waals surface area contributed by atoms with Crippen molar-refractivity contribution in [2.45, 2.75) is 31.4 Å². The highest BCUT2D eigenvalue weighted by molar-refractivity contribution is 7.88. The average molecular weight is 387 g/mol. The molecule has 6 heteroatoms. The van der Waals surface area contributed by atoms with E-state index in [0.29, 0.717) is 11.0 Å². The van der Waals surface area contributed by atoms with Crippen molar-refractivity contribution < 1.29 is 17.5 Å². The smallest absolute Gasteiger partial charge is 0.213 e. The van der Waals surface area contributed by atoms with Crippen LogP contribution in [0.1, 0.15) is 42.4 Å². The first-order chi connectivity index (χ1) is 12.8. The molecule has 2 aromatic carbocycles. The highest BCUT2D eigenvalue weighted by atomic mass is 32.2. The zero-order chi connectivity index (χ0) is 19.2. The van der Waals surface area contributed by atoms with Crippen LogP contribution < -0.4 is 9.88 Å². The topological polar surface area (TPSA) is 69.4 Å². The van der Waals surface area contributed by atoms with E-state index in [1.165, 1.54) is 31.1 Å². The maximum absolute atomic E-state index is 14.2. The zero-order valence-electron chi connectivity index (χ0n) is 15.2. The van der Waals surface area contributed by atoms with Gasteiger partial charge in [0.2, 0.25) is 10.0 Å². The second-order valence-corrected chi connectivity index (χ2v) is 9.28. The van der Waals surface area contributed by atoms with Gasteiger partial charge in [-0.25, -0.2) is 17.9 Å². The Labute approximate surface area is 158 Å². The van der Waals surface area contributed by atoms with Crippen molar-refractivity contribution in [3.8, 4) is 5.75 Å². The number of halogens is 1. The fourth-order valence-corrected chi connectivity index (χ4v) is 4.65. The van der Waals surface area contributed by atoms with Crippen molar-refractivity contribution in [3.63, 3.8) is 0 Å². The van der Waals surface area contributed by atoms with Crippen LogP contribution in [0.3, 0.4) is 0 Å².